The van der Waals surface area contributed by atoms with Crippen LogP contribution < -0.4 is 5.73 Å². The lowest BCUT2D eigenvalue weighted by atomic mass is 10.1. The van der Waals surface area contributed by atoms with Crippen molar-refractivity contribution in [2.24, 2.45) is 5.73 Å². The van der Waals surface area contributed by atoms with E-state index in [1.807, 2.05) is 4.68 Å². The zero-order valence-corrected chi connectivity index (χ0v) is 9.82. The predicted octanol–water partition coefficient (Wildman–Crippen LogP) is 0.721. The molecule has 0 aromatic carbocycles. The van der Waals surface area contributed by atoms with Gasteiger partial charge in [0.1, 0.15) is 12.2 Å². The van der Waals surface area contributed by atoms with Crippen LogP contribution in [0, 0.1) is 0 Å². The molecule has 0 aliphatic rings. The Balaban J connectivity index is 2.08. The Bertz CT molecular complexity index is 452. The number of rotatable bonds is 5. The highest BCUT2D eigenvalue weighted by Crippen LogP contribution is 2.11. The third-order valence-electron chi connectivity index (χ3n) is 2.50. The van der Waals surface area contributed by atoms with Crippen LogP contribution in [0.1, 0.15) is 30.9 Å². The van der Waals surface area contributed by atoms with Gasteiger partial charge < -0.3 is 5.73 Å². The Kier molecular flexibility index (Phi) is 3.77. The molecule has 0 bridgehead atoms. The summed E-state index contributed by atoms with van der Waals surface area (Å²) in [4.78, 5) is 12.4. The van der Waals surface area contributed by atoms with Gasteiger partial charge in [-0.1, -0.05) is 6.92 Å². The van der Waals surface area contributed by atoms with E-state index in [1.165, 1.54) is 0 Å². The molecule has 0 fully saturated rings. The maximum atomic E-state index is 6.07. The summed E-state index contributed by atoms with van der Waals surface area (Å²) < 4.78 is 1.89. The molecule has 2 aromatic rings. The SMILES string of the molecule is CCCn1ncnc1CC(N)c1cnccn1. The van der Waals surface area contributed by atoms with Gasteiger partial charge in [0.25, 0.3) is 0 Å². The van der Waals surface area contributed by atoms with Gasteiger partial charge in [0.15, 0.2) is 0 Å². The highest BCUT2D eigenvalue weighted by atomic mass is 15.3. The van der Waals surface area contributed by atoms with Crippen molar-refractivity contribution in [2.45, 2.75) is 32.4 Å². The van der Waals surface area contributed by atoms with Crippen LogP contribution in [0.25, 0.3) is 0 Å². The van der Waals surface area contributed by atoms with Gasteiger partial charge in [-0.05, 0) is 6.42 Å². The summed E-state index contributed by atoms with van der Waals surface area (Å²) in [7, 11) is 0. The van der Waals surface area contributed by atoms with Crippen molar-refractivity contribution in [2.75, 3.05) is 0 Å². The summed E-state index contributed by atoms with van der Waals surface area (Å²) in [5.74, 6) is 0.894. The highest BCUT2D eigenvalue weighted by Gasteiger charge is 2.12. The largest absolute Gasteiger partial charge is 0.322 e. The first-order valence-corrected chi connectivity index (χ1v) is 5.69. The first kappa shape index (κ1) is 11.7. The fourth-order valence-electron chi connectivity index (χ4n) is 1.65. The monoisotopic (exact) mass is 232 g/mol. The van der Waals surface area contributed by atoms with Crippen molar-refractivity contribution >= 4 is 0 Å². The van der Waals surface area contributed by atoms with E-state index < -0.39 is 0 Å². The van der Waals surface area contributed by atoms with E-state index in [0.29, 0.717) is 6.42 Å². The Morgan fingerprint density at radius 1 is 1.35 bits per heavy atom. The third-order valence-corrected chi connectivity index (χ3v) is 2.50. The Hall–Kier alpha value is -1.82. The van der Waals surface area contributed by atoms with Crippen molar-refractivity contribution in [3.05, 3.63) is 36.4 Å². The quantitative estimate of drug-likeness (QED) is 0.821. The molecule has 6 nitrogen and oxygen atoms in total. The molecule has 2 N–H and O–H groups in total. The van der Waals surface area contributed by atoms with Crippen LogP contribution in [-0.2, 0) is 13.0 Å². The second-order valence-corrected chi connectivity index (χ2v) is 3.84. The molecule has 2 aromatic heterocycles. The van der Waals surface area contributed by atoms with E-state index >= 15 is 0 Å². The summed E-state index contributed by atoms with van der Waals surface area (Å²) >= 11 is 0. The minimum atomic E-state index is -0.191. The second-order valence-electron chi connectivity index (χ2n) is 3.84. The van der Waals surface area contributed by atoms with Crippen molar-refractivity contribution in [3.8, 4) is 0 Å². The fraction of sp³-hybridized carbons (Fsp3) is 0.455. The molecule has 0 saturated carbocycles. The summed E-state index contributed by atoms with van der Waals surface area (Å²) in [5, 5.41) is 4.17. The van der Waals surface area contributed by atoms with Crippen molar-refractivity contribution in [3.63, 3.8) is 0 Å². The van der Waals surface area contributed by atoms with Crippen LogP contribution in [0.15, 0.2) is 24.9 Å². The molecule has 17 heavy (non-hydrogen) atoms. The van der Waals surface area contributed by atoms with Crippen LogP contribution in [-0.4, -0.2) is 24.7 Å². The smallest absolute Gasteiger partial charge is 0.138 e. The van der Waals surface area contributed by atoms with Gasteiger partial charge in [-0.25, -0.2) is 4.98 Å². The number of nitrogens with two attached hydrogens (primary N) is 1. The molecule has 0 aliphatic carbocycles. The van der Waals surface area contributed by atoms with Gasteiger partial charge in [0.2, 0.25) is 0 Å². The number of hydrogen-bond donors (Lipinski definition) is 1. The lowest BCUT2D eigenvalue weighted by Gasteiger charge is -2.10. The number of aromatic nitrogens is 5. The number of hydrogen-bond acceptors (Lipinski definition) is 5. The minimum absolute atomic E-state index is 0.191. The van der Waals surface area contributed by atoms with Gasteiger partial charge in [0.05, 0.1) is 11.7 Å². The lowest BCUT2D eigenvalue weighted by molar-refractivity contribution is 0.544. The van der Waals surface area contributed by atoms with Gasteiger partial charge in [-0.15, -0.1) is 0 Å². The average molecular weight is 232 g/mol. The molecule has 0 aliphatic heterocycles. The number of nitrogens with zero attached hydrogens (tertiary/aromatic N) is 5. The maximum absolute atomic E-state index is 6.07. The molecule has 0 saturated heterocycles. The molecule has 2 rings (SSSR count). The molecule has 90 valence electrons. The Morgan fingerprint density at radius 3 is 2.94 bits per heavy atom. The fourth-order valence-corrected chi connectivity index (χ4v) is 1.65. The molecular formula is C11H16N6. The van der Waals surface area contributed by atoms with Crippen LogP contribution in [0.5, 0.6) is 0 Å². The van der Waals surface area contributed by atoms with Crippen molar-refractivity contribution < 1.29 is 0 Å². The lowest BCUT2D eigenvalue weighted by Crippen LogP contribution is -2.18. The van der Waals surface area contributed by atoms with Crippen LogP contribution in [0.4, 0.5) is 0 Å². The summed E-state index contributed by atoms with van der Waals surface area (Å²) in [6, 6.07) is -0.191. The predicted molar refractivity (Wildman–Crippen MR) is 63.0 cm³/mol. The first-order valence-electron chi connectivity index (χ1n) is 5.69. The summed E-state index contributed by atoms with van der Waals surface area (Å²) in [6.07, 6.45) is 8.18. The molecule has 0 radical (unpaired) electrons. The topological polar surface area (TPSA) is 82.5 Å². The molecule has 6 heteroatoms. The molecule has 2 heterocycles. The Labute approximate surface area is 99.9 Å². The van der Waals surface area contributed by atoms with E-state index in [1.54, 1.807) is 24.9 Å². The zero-order valence-electron chi connectivity index (χ0n) is 9.82. The molecule has 1 unspecified atom stereocenters. The van der Waals surface area contributed by atoms with E-state index in [9.17, 15) is 0 Å². The van der Waals surface area contributed by atoms with Crippen molar-refractivity contribution in [1.29, 1.82) is 0 Å². The van der Waals surface area contributed by atoms with Gasteiger partial charge in [0, 0.05) is 31.6 Å². The van der Waals surface area contributed by atoms with Crippen molar-refractivity contribution in [1.82, 2.24) is 24.7 Å². The molecular weight excluding hydrogens is 216 g/mol. The molecule has 0 spiro atoms. The van der Waals surface area contributed by atoms with Crippen LogP contribution in [0.3, 0.4) is 0 Å². The van der Waals surface area contributed by atoms with Gasteiger partial charge in [-0.2, -0.15) is 5.10 Å². The average Bonchev–Trinajstić information content (AvgIpc) is 2.78. The van der Waals surface area contributed by atoms with E-state index in [4.69, 9.17) is 5.73 Å². The van der Waals surface area contributed by atoms with Gasteiger partial charge in [-0.3, -0.25) is 14.6 Å². The van der Waals surface area contributed by atoms with E-state index in [0.717, 1.165) is 24.5 Å². The number of aryl methyl sites for hydroxylation is 1. The first-order chi connectivity index (χ1) is 8.31. The zero-order chi connectivity index (χ0) is 12.1. The second kappa shape index (κ2) is 5.49. The highest BCUT2D eigenvalue weighted by molar-refractivity contribution is 5.04. The maximum Gasteiger partial charge on any atom is 0.138 e. The summed E-state index contributed by atoms with van der Waals surface area (Å²) in [5.41, 5.74) is 6.84. The Morgan fingerprint density at radius 2 is 2.24 bits per heavy atom. The van der Waals surface area contributed by atoms with Crippen LogP contribution >= 0.6 is 0 Å². The minimum Gasteiger partial charge on any atom is -0.322 e. The van der Waals surface area contributed by atoms with Crippen LogP contribution in [0.2, 0.25) is 0 Å². The standard InChI is InChI=1S/C11H16N6/c1-2-5-17-11(15-8-16-17)6-9(12)10-7-13-3-4-14-10/h3-4,7-9H,2,5-6,12H2,1H3. The third kappa shape index (κ3) is 2.85. The normalized spacial score (nSPS) is 12.6. The van der Waals surface area contributed by atoms with E-state index in [-0.39, 0.29) is 6.04 Å². The molecule has 0 amide bonds. The van der Waals surface area contributed by atoms with Gasteiger partial charge >= 0.3 is 0 Å². The van der Waals surface area contributed by atoms with E-state index in [2.05, 4.69) is 27.0 Å². The summed E-state index contributed by atoms with van der Waals surface area (Å²) in [6.45, 7) is 2.97. The molecule has 1 atom stereocenters.